The summed E-state index contributed by atoms with van der Waals surface area (Å²) >= 11 is 0. The van der Waals surface area contributed by atoms with Gasteiger partial charge in [-0.25, -0.2) is 4.79 Å². The molecule has 1 N–H and O–H groups in total. The van der Waals surface area contributed by atoms with Gasteiger partial charge in [0, 0.05) is 12.6 Å². The molecule has 4 nitrogen and oxygen atoms in total. The highest BCUT2D eigenvalue weighted by molar-refractivity contribution is 5.82. The highest BCUT2D eigenvalue weighted by atomic mass is 16.5. The van der Waals surface area contributed by atoms with Gasteiger partial charge in [0.15, 0.2) is 0 Å². The third-order valence-electron chi connectivity index (χ3n) is 6.08. The van der Waals surface area contributed by atoms with Crippen LogP contribution in [0.1, 0.15) is 51.4 Å². The van der Waals surface area contributed by atoms with E-state index in [1.807, 2.05) is 7.05 Å². The monoisotopic (exact) mass is 294 g/mol. The average Bonchev–Trinajstić information content (AvgIpc) is 3.03. The fraction of sp³-hybridized carbons (Fsp3) is 0.941. The highest BCUT2D eigenvalue weighted by Gasteiger charge is 2.53. The van der Waals surface area contributed by atoms with Crippen molar-refractivity contribution >= 4 is 5.97 Å². The fourth-order valence-corrected chi connectivity index (χ4v) is 4.75. The van der Waals surface area contributed by atoms with E-state index < -0.39 is 5.54 Å². The van der Waals surface area contributed by atoms with E-state index in [4.69, 9.17) is 4.74 Å². The van der Waals surface area contributed by atoms with E-state index in [0.717, 1.165) is 31.8 Å². The predicted molar refractivity (Wildman–Crippen MR) is 83.1 cm³/mol. The van der Waals surface area contributed by atoms with E-state index >= 15 is 0 Å². The summed E-state index contributed by atoms with van der Waals surface area (Å²) in [5.41, 5.74) is -0.476. The van der Waals surface area contributed by atoms with Gasteiger partial charge in [-0.1, -0.05) is 12.8 Å². The minimum absolute atomic E-state index is 0.0652. The maximum absolute atomic E-state index is 12.5. The number of carbonyl (C=O) groups is 1. The summed E-state index contributed by atoms with van der Waals surface area (Å²) in [5.74, 6) is 1.25. The number of methoxy groups -OCH3 is 1. The molecule has 0 aromatic heterocycles. The van der Waals surface area contributed by atoms with Crippen molar-refractivity contribution in [3.8, 4) is 0 Å². The van der Waals surface area contributed by atoms with Crippen LogP contribution in [0, 0.1) is 11.8 Å². The summed E-state index contributed by atoms with van der Waals surface area (Å²) in [6, 6.07) is 0.698. The van der Waals surface area contributed by atoms with E-state index in [1.165, 1.54) is 45.6 Å². The second kappa shape index (κ2) is 6.25. The molecule has 0 spiro atoms. The predicted octanol–water partition coefficient (Wildman–Crippen LogP) is 2.18. The molecule has 4 heteroatoms. The van der Waals surface area contributed by atoms with Crippen molar-refractivity contribution in [2.24, 2.45) is 11.8 Å². The van der Waals surface area contributed by atoms with E-state index in [2.05, 4.69) is 10.2 Å². The molecule has 0 aromatic rings. The SMILES string of the molecule is CNC(CN1CCCC1C1CCCC1)(C(=O)OC)C1CC1. The van der Waals surface area contributed by atoms with Crippen LogP contribution in [-0.2, 0) is 9.53 Å². The Morgan fingerprint density at radius 2 is 1.90 bits per heavy atom. The number of likely N-dealkylation sites (tertiary alicyclic amines) is 1. The standard InChI is InChI=1S/C17H30N2O2/c1-18-17(14-9-10-14,16(20)21-2)12-19-11-5-8-15(19)13-6-3-4-7-13/h13-15,18H,3-12H2,1-2H3. The number of rotatable bonds is 6. The Labute approximate surface area is 128 Å². The Hall–Kier alpha value is -0.610. The quantitative estimate of drug-likeness (QED) is 0.763. The van der Waals surface area contributed by atoms with Crippen LogP contribution in [0.2, 0.25) is 0 Å². The summed E-state index contributed by atoms with van der Waals surface area (Å²) in [6.45, 7) is 1.98. The van der Waals surface area contributed by atoms with Gasteiger partial charge in [-0.3, -0.25) is 4.90 Å². The van der Waals surface area contributed by atoms with Crippen molar-refractivity contribution in [2.45, 2.75) is 62.9 Å². The first-order valence-corrected chi connectivity index (χ1v) is 8.72. The second-order valence-electron chi connectivity index (χ2n) is 7.21. The van der Waals surface area contributed by atoms with E-state index in [1.54, 1.807) is 0 Å². The number of hydrogen-bond donors (Lipinski definition) is 1. The zero-order valence-corrected chi connectivity index (χ0v) is 13.6. The first kappa shape index (κ1) is 15.3. The summed E-state index contributed by atoms with van der Waals surface area (Å²) in [6.07, 6.45) is 10.5. The molecule has 120 valence electrons. The number of hydrogen-bond acceptors (Lipinski definition) is 4. The average molecular weight is 294 g/mol. The Balaban J connectivity index is 1.73. The second-order valence-corrected chi connectivity index (χ2v) is 7.21. The zero-order valence-electron chi connectivity index (χ0n) is 13.6. The lowest BCUT2D eigenvalue weighted by atomic mass is 9.90. The van der Waals surface area contributed by atoms with Crippen LogP contribution in [0.25, 0.3) is 0 Å². The minimum atomic E-state index is -0.476. The van der Waals surface area contributed by atoms with Gasteiger partial charge >= 0.3 is 5.97 Å². The van der Waals surface area contributed by atoms with Crippen molar-refractivity contribution in [1.82, 2.24) is 10.2 Å². The van der Waals surface area contributed by atoms with Gasteiger partial charge in [0.1, 0.15) is 5.54 Å². The van der Waals surface area contributed by atoms with Crippen LogP contribution in [0.5, 0.6) is 0 Å². The molecule has 2 saturated carbocycles. The molecule has 0 radical (unpaired) electrons. The van der Waals surface area contributed by atoms with Crippen LogP contribution in [0.3, 0.4) is 0 Å². The van der Waals surface area contributed by atoms with Crippen molar-refractivity contribution in [3.05, 3.63) is 0 Å². The molecule has 1 saturated heterocycles. The van der Waals surface area contributed by atoms with Gasteiger partial charge in [-0.2, -0.15) is 0 Å². The van der Waals surface area contributed by atoms with Gasteiger partial charge in [-0.05, 0) is 64.0 Å². The molecule has 2 unspecified atom stereocenters. The Bertz CT molecular complexity index is 377. The van der Waals surface area contributed by atoms with Crippen molar-refractivity contribution in [1.29, 1.82) is 0 Å². The number of nitrogens with one attached hydrogen (secondary N) is 1. The molecule has 0 aromatic carbocycles. The molecule has 0 bridgehead atoms. The molecule has 0 amide bonds. The van der Waals surface area contributed by atoms with Gasteiger partial charge in [0.2, 0.25) is 0 Å². The molecule has 3 fully saturated rings. The molecule has 3 aliphatic rings. The number of carbonyl (C=O) groups excluding carboxylic acids is 1. The molecule has 3 rings (SSSR count). The minimum Gasteiger partial charge on any atom is -0.468 e. The third-order valence-corrected chi connectivity index (χ3v) is 6.08. The van der Waals surface area contributed by atoms with Crippen LogP contribution in [0.15, 0.2) is 0 Å². The lowest BCUT2D eigenvalue weighted by Crippen LogP contribution is -2.61. The number of nitrogens with zero attached hydrogens (tertiary/aromatic N) is 1. The largest absolute Gasteiger partial charge is 0.468 e. The van der Waals surface area contributed by atoms with Gasteiger partial charge in [0.05, 0.1) is 7.11 Å². The Kier molecular flexibility index (Phi) is 4.55. The van der Waals surface area contributed by atoms with Crippen molar-refractivity contribution in [2.75, 3.05) is 27.2 Å². The molecular formula is C17H30N2O2. The van der Waals surface area contributed by atoms with Crippen LogP contribution < -0.4 is 5.32 Å². The first-order valence-electron chi connectivity index (χ1n) is 8.72. The van der Waals surface area contributed by atoms with E-state index in [0.29, 0.717) is 12.0 Å². The smallest absolute Gasteiger partial charge is 0.327 e. The Morgan fingerprint density at radius 3 is 2.48 bits per heavy atom. The van der Waals surface area contributed by atoms with Crippen LogP contribution in [0.4, 0.5) is 0 Å². The lowest BCUT2D eigenvalue weighted by Gasteiger charge is -2.38. The summed E-state index contributed by atoms with van der Waals surface area (Å²) in [5, 5.41) is 3.35. The van der Waals surface area contributed by atoms with Crippen LogP contribution in [-0.4, -0.2) is 49.7 Å². The number of ether oxygens (including phenoxy) is 1. The summed E-state index contributed by atoms with van der Waals surface area (Å²) < 4.78 is 5.15. The maximum Gasteiger partial charge on any atom is 0.327 e. The molecular weight excluding hydrogens is 264 g/mol. The summed E-state index contributed by atoms with van der Waals surface area (Å²) in [4.78, 5) is 15.0. The number of likely N-dealkylation sites (N-methyl/N-ethyl adjacent to an activating group) is 1. The third kappa shape index (κ3) is 2.85. The first-order chi connectivity index (χ1) is 10.2. The maximum atomic E-state index is 12.5. The molecule has 2 aliphatic carbocycles. The summed E-state index contributed by atoms with van der Waals surface area (Å²) in [7, 11) is 3.45. The van der Waals surface area contributed by atoms with Crippen molar-refractivity contribution in [3.63, 3.8) is 0 Å². The molecule has 1 heterocycles. The Morgan fingerprint density at radius 1 is 1.19 bits per heavy atom. The molecule has 1 aliphatic heterocycles. The van der Waals surface area contributed by atoms with Gasteiger partial charge in [-0.15, -0.1) is 0 Å². The van der Waals surface area contributed by atoms with Crippen molar-refractivity contribution < 1.29 is 9.53 Å². The fourth-order valence-electron chi connectivity index (χ4n) is 4.75. The molecule has 2 atom stereocenters. The zero-order chi connectivity index (χ0) is 14.9. The normalized spacial score (nSPS) is 30.5. The molecule has 21 heavy (non-hydrogen) atoms. The highest BCUT2D eigenvalue weighted by Crippen LogP contribution is 2.43. The van der Waals surface area contributed by atoms with E-state index in [-0.39, 0.29) is 5.97 Å². The van der Waals surface area contributed by atoms with Gasteiger partial charge in [0.25, 0.3) is 0 Å². The lowest BCUT2D eigenvalue weighted by molar-refractivity contribution is -0.150. The van der Waals surface area contributed by atoms with E-state index in [9.17, 15) is 4.79 Å². The number of esters is 1. The van der Waals surface area contributed by atoms with Crippen LogP contribution >= 0.6 is 0 Å². The topological polar surface area (TPSA) is 41.6 Å². The van der Waals surface area contributed by atoms with Gasteiger partial charge < -0.3 is 10.1 Å².